The Hall–Kier alpha value is -1.35. The molecule has 92 valence electrons. The Morgan fingerprint density at radius 2 is 2.06 bits per heavy atom. The van der Waals surface area contributed by atoms with Crippen molar-refractivity contribution in [1.82, 2.24) is 5.32 Å². The van der Waals surface area contributed by atoms with E-state index in [4.69, 9.17) is 5.73 Å². The Kier molecular flexibility index (Phi) is 3.79. The molecule has 17 heavy (non-hydrogen) atoms. The van der Waals surface area contributed by atoms with Gasteiger partial charge >= 0.3 is 0 Å². The van der Waals surface area contributed by atoms with Crippen LogP contribution in [0.5, 0.6) is 0 Å². The predicted octanol–water partition coefficient (Wildman–Crippen LogP) is 1.47. The molecule has 1 amide bonds. The summed E-state index contributed by atoms with van der Waals surface area (Å²) in [6.07, 6.45) is 2.78. The Balaban J connectivity index is 1.79. The summed E-state index contributed by atoms with van der Waals surface area (Å²) in [4.78, 5) is 11.8. The van der Waals surface area contributed by atoms with Crippen molar-refractivity contribution in [1.29, 1.82) is 0 Å². The van der Waals surface area contributed by atoms with Crippen molar-refractivity contribution >= 4 is 5.91 Å². The minimum Gasteiger partial charge on any atom is -0.352 e. The minimum atomic E-state index is -0.437. The van der Waals surface area contributed by atoms with E-state index < -0.39 is 6.04 Å². The van der Waals surface area contributed by atoms with Crippen LogP contribution < -0.4 is 11.1 Å². The average Bonchev–Trinajstić information content (AvgIpc) is 2.28. The highest BCUT2D eigenvalue weighted by molar-refractivity contribution is 5.82. The van der Waals surface area contributed by atoms with Gasteiger partial charge in [-0.2, -0.15) is 0 Å². The van der Waals surface area contributed by atoms with Crippen LogP contribution in [0.1, 0.15) is 25.3 Å². The van der Waals surface area contributed by atoms with Crippen LogP contribution in [0.4, 0.5) is 0 Å². The third-order valence-electron chi connectivity index (χ3n) is 3.36. The van der Waals surface area contributed by atoms with Gasteiger partial charge < -0.3 is 11.1 Å². The summed E-state index contributed by atoms with van der Waals surface area (Å²) in [5.41, 5.74) is 7.01. The summed E-state index contributed by atoms with van der Waals surface area (Å²) in [5, 5.41) is 3.00. The molecule has 2 rings (SSSR count). The molecule has 1 fully saturated rings. The molecule has 1 atom stereocenters. The monoisotopic (exact) mass is 232 g/mol. The first-order valence-corrected chi connectivity index (χ1v) is 6.25. The molecule has 3 heteroatoms. The molecular weight excluding hydrogens is 212 g/mol. The fraction of sp³-hybridized carbons (Fsp3) is 0.500. The predicted molar refractivity (Wildman–Crippen MR) is 68.5 cm³/mol. The summed E-state index contributed by atoms with van der Waals surface area (Å²) in [5.74, 6) is 0.719. The Bertz CT molecular complexity index is 371. The molecule has 0 aromatic heterocycles. The Morgan fingerprint density at radius 3 is 2.65 bits per heavy atom. The first-order valence-electron chi connectivity index (χ1n) is 6.25. The number of hydrogen-bond acceptors (Lipinski definition) is 2. The van der Waals surface area contributed by atoms with Crippen molar-refractivity contribution in [2.45, 2.75) is 38.3 Å². The Labute approximate surface area is 102 Å². The first-order chi connectivity index (χ1) is 8.15. The van der Waals surface area contributed by atoms with Crippen LogP contribution in [0.2, 0.25) is 0 Å². The van der Waals surface area contributed by atoms with Gasteiger partial charge in [0, 0.05) is 6.04 Å². The van der Waals surface area contributed by atoms with Crippen molar-refractivity contribution < 1.29 is 4.79 Å². The van der Waals surface area contributed by atoms with Crippen LogP contribution in [0.3, 0.4) is 0 Å². The van der Waals surface area contributed by atoms with Crippen LogP contribution >= 0.6 is 0 Å². The summed E-state index contributed by atoms with van der Waals surface area (Å²) >= 11 is 0. The molecule has 1 aliphatic rings. The topological polar surface area (TPSA) is 55.1 Å². The highest BCUT2D eigenvalue weighted by atomic mass is 16.2. The van der Waals surface area contributed by atoms with E-state index in [0.717, 1.165) is 24.3 Å². The zero-order valence-corrected chi connectivity index (χ0v) is 10.2. The van der Waals surface area contributed by atoms with Gasteiger partial charge in [-0.15, -0.1) is 0 Å². The third-order valence-corrected chi connectivity index (χ3v) is 3.36. The minimum absolute atomic E-state index is 0.0225. The van der Waals surface area contributed by atoms with Crippen molar-refractivity contribution in [3.05, 3.63) is 35.9 Å². The smallest absolute Gasteiger partial charge is 0.237 e. The van der Waals surface area contributed by atoms with Gasteiger partial charge in [0.2, 0.25) is 5.91 Å². The number of carbonyl (C=O) groups is 1. The molecule has 0 aliphatic heterocycles. The number of carbonyl (C=O) groups excluding carboxylic acids is 1. The van der Waals surface area contributed by atoms with E-state index in [9.17, 15) is 4.79 Å². The maximum absolute atomic E-state index is 11.8. The molecule has 0 saturated heterocycles. The lowest BCUT2D eigenvalue weighted by Gasteiger charge is -2.34. The van der Waals surface area contributed by atoms with Crippen LogP contribution in [0.25, 0.3) is 0 Å². The fourth-order valence-electron chi connectivity index (χ4n) is 2.29. The second-order valence-electron chi connectivity index (χ2n) is 5.08. The van der Waals surface area contributed by atoms with Crippen LogP contribution in [0, 0.1) is 5.92 Å². The molecule has 3 nitrogen and oxygen atoms in total. The molecule has 1 aromatic carbocycles. The van der Waals surface area contributed by atoms with E-state index in [2.05, 4.69) is 12.2 Å². The van der Waals surface area contributed by atoms with Gasteiger partial charge in [-0.1, -0.05) is 37.3 Å². The highest BCUT2D eigenvalue weighted by Crippen LogP contribution is 2.26. The third kappa shape index (κ3) is 3.30. The quantitative estimate of drug-likeness (QED) is 0.826. The van der Waals surface area contributed by atoms with Gasteiger partial charge in [0.1, 0.15) is 0 Å². The van der Waals surface area contributed by atoms with Crippen molar-refractivity contribution in [3.63, 3.8) is 0 Å². The van der Waals surface area contributed by atoms with E-state index in [0.29, 0.717) is 12.5 Å². The van der Waals surface area contributed by atoms with Crippen molar-refractivity contribution in [3.8, 4) is 0 Å². The fourth-order valence-corrected chi connectivity index (χ4v) is 2.29. The summed E-state index contributed by atoms with van der Waals surface area (Å²) < 4.78 is 0. The highest BCUT2D eigenvalue weighted by Gasteiger charge is 2.28. The zero-order valence-electron chi connectivity index (χ0n) is 10.2. The number of hydrogen-bond donors (Lipinski definition) is 2. The van der Waals surface area contributed by atoms with Crippen LogP contribution in [0.15, 0.2) is 30.3 Å². The van der Waals surface area contributed by atoms with Gasteiger partial charge in [-0.3, -0.25) is 4.79 Å². The first kappa shape index (κ1) is 12.1. The summed E-state index contributed by atoms with van der Waals surface area (Å²) in [6, 6.07) is 9.80. The summed E-state index contributed by atoms with van der Waals surface area (Å²) in [7, 11) is 0. The van der Waals surface area contributed by atoms with Crippen LogP contribution in [-0.4, -0.2) is 18.0 Å². The maximum Gasteiger partial charge on any atom is 0.237 e. The normalized spacial score (nSPS) is 24.8. The second-order valence-corrected chi connectivity index (χ2v) is 5.08. The van der Waals surface area contributed by atoms with Gasteiger partial charge in [-0.05, 0) is 30.7 Å². The van der Waals surface area contributed by atoms with Gasteiger partial charge in [0.15, 0.2) is 0 Å². The number of nitrogens with one attached hydrogen (secondary N) is 1. The van der Waals surface area contributed by atoms with E-state index in [-0.39, 0.29) is 5.91 Å². The average molecular weight is 232 g/mol. The molecule has 0 unspecified atom stereocenters. The maximum atomic E-state index is 11.8. The SMILES string of the molecule is CC1CC(NC(=O)[C@@H](N)Cc2ccccc2)C1. The molecule has 3 N–H and O–H groups in total. The molecule has 0 bridgehead atoms. The van der Waals surface area contributed by atoms with Crippen molar-refractivity contribution in [2.24, 2.45) is 11.7 Å². The van der Waals surface area contributed by atoms with Crippen molar-refractivity contribution in [2.75, 3.05) is 0 Å². The molecule has 0 radical (unpaired) electrons. The second kappa shape index (κ2) is 5.32. The lowest BCUT2D eigenvalue weighted by atomic mass is 9.82. The lowest BCUT2D eigenvalue weighted by molar-refractivity contribution is -0.123. The number of nitrogens with two attached hydrogens (primary N) is 1. The zero-order chi connectivity index (χ0) is 12.3. The molecule has 0 heterocycles. The Morgan fingerprint density at radius 1 is 1.41 bits per heavy atom. The number of rotatable bonds is 4. The number of benzene rings is 1. The molecule has 0 spiro atoms. The van der Waals surface area contributed by atoms with Gasteiger partial charge in [0.25, 0.3) is 0 Å². The molecule has 1 saturated carbocycles. The van der Waals surface area contributed by atoms with Gasteiger partial charge in [-0.25, -0.2) is 0 Å². The van der Waals surface area contributed by atoms with E-state index in [1.807, 2.05) is 30.3 Å². The van der Waals surface area contributed by atoms with E-state index in [1.165, 1.54) is 0 Å². The molecule has 1 aromatic rings. The van der Waals surface area contributed by atoms with E-state index in [1.54, 1.807) is 0 Å². The van der Waals surface area contributed by atoms with Gasteiger partial charge in [0.05, 0.1) is 6.04 Å². The number of amides is 1. The molecular formula is C14H20N2O. The standard InChI is InChI=1S/C14H20N2O/c1-10-7-12(8-10)16-14(17)13(15)9-11-5-3-2-4-6-11/h2-6,10,12-13H,7-9,15H2,1H3,(H,16,17)/t10?,12?,13-/m0/s1. The largest absolute Gasteiger partial charge is 0.352 e. The summed E-state index contributed by atoms with van der Waals surface area (Å²) in [6.45, 7) is 2.20. The lowest BCUT2D eigenvalue weighted by Crippen LogP contribution is -2.50. The van der Waals surface area contributed by atoms with E-state index >= 15 is 0 Å². The van der Waals surface area contributed by atoms with Crippen LogP contribution in [-0.2, 0) is 11.2 Å². The molecule has 1 aliphatic carbocycles.